The van der Waals surface area contributed by atoms with Gasteiger partial charge >= 0.3 is 6.36 Å². The van der Waals surface area contributed by atoms with Gasteiger partial charge in [-0.1, -0.05) is 6.07 Å². The topological polar surface area (TPSA) is 94.6 Å². The van der Waals surface area contributed by atoms with E-state index in [2.05, 4.69) is 35.6 Å². The number of hydrogen-bond acceptors (Lipinski definition) is 8. The van der Waals surface area contributed by atoms with Crippen molar-refractivity contribution in [3.8, 4) is 5.75 Å². The van der Waals surface area contributed by atoms with Crippen molar-refractivity contribution in [2.45, 2.75) is 26.1 Å². The van der Waals surface area contributed by atoms with E-state index < -0.39 is 18.5 Å². The van der Waals surface area contributed by atoms with Gasteiger partial charge in [0.25, 0.3) is 0 Å². The lowest BCUT2D eigenvalue weighted by atomic mass is 10.3. The Bertz CT molecular complexity index is 788. The molecule has 0 saturated heterocycles. The molecule has 160 valence electrons. The van der Waals surface area contributed by atoms with Crippen LogP contribution >= 0.6 is 0 Å². The lowest BCUT2D eigenvalue weighted by molar-refractivity contribution is -0.274. The van der Waals surface area contributed by atoms with Crippen molar-refractivity contribution in [2.24, 2.45) is 0 Å². The first-order chi connectivity index (χ1) is 13.6. The Morgan fingerprint density at radius 1 is 1.17 bits per heavy atom. The molecular weight excluding hydrogens is 389 g/mol. The van der Waals surface area contributed by atoms with Crippen LogP contribution in [0.4, 0.5) is 30.6 Å². The molecule has 0 aliphatic heterocycles. The van der Waals surface area contributed by atoms with Crippen LogP contribution in [0.5, 0.6) is 5.75 Å². The number of anilines is 3. The minimum absolute atomic E-state index is 0.169. The van der Waals surface area contributed by atoms with Crippen molar-refractivity contribution in [1.29, 1.82) is 0 Å². The molecule has 1 aromatic heterocycles. The Hall–Kier alpha value is -2.79. The number of halogens is 3. The van der Waals surface area contributed by atoms with Gasteiger partial charge in [0.2, 0.25) is 12.3 Å². The SMILES string of the molecule is Cc1cc(NCCCN(C)C)nc(NC(O)Nc2cccc(OC(F)(F)F)c2)n1. The number of nitrogens with zero attached hydrogens (tertiary/aromatic N) is 3. The van der Waals surface area contributed by atoms with Gasteiger partial charge in [0.05, 0.1) is 0 Å². The first kappa shape index (κ1) is 22.5. The molecule has 0 amide bonds. The third kappa shape index (κ3) is 8.83. The molecule has 1 heterocycles. The van der Waals surface area contributed by atoms with Gasteiger partial charge in [-0.15, -0.1) is 13.2 Å². The van der Waals surface area contributed by atoms with E-state index in [4.69, 9.17) is 0 Å². The summed E-state index contributed by atoms with van der Waals surface area (Å²) in [5, 5.41) is 18.6. The van der Waals surface area contributed by atoms with Gasteiger partial charge in [-0.3, -0.25) is 0 Å². The molecule has 2 rings (SSSR count). The number of hydrogen-bond donors (Lipinski definition) is 4. The quantitative estimate of drug-likeness (QED) is 0.348. The predicted octanol–water partition coefficient (Wildman–Crippen LogP) is 2.85. The molecule has 0 radical (unpaired) electrons. The second-order valence-corrected chi connectivity index (χ2v) is 6.57. The number of aromatic nitrogens is 2. The van der Waals surface area contributed by atoms with Crippen LogP contribution in [0.1, 0.15) is 12.1 Å². The first-order valence-corrected chi connectivity index (χ1v) is 8.92. The number of ether oxygens (including phenoxy) is 1. The molecule has 0 fully saturated rings. The average Bonchev–Trinajstić information content (AvgIpc) is 2.56. The molecule has 0 spiro atoms. The molecule has 1 aromatic carbocycles. The van der Waals surface area contributed by atoms with E-state index in [-0.39, 0.29) is 11.6 Å². The zero-order chi connectivity index (χ0) is 21.4. The van der Waals surface area contributed by atoms with Crippen molar-refractivity contribution >= 4 is 17.5 Å². The fourth-order valence-corrected chi connectivity index (χ4v) is 2.43. The van der Waals surface area contributed by atoms with E-state index in [0.29, 0.717) is 11.5 Å². The van der Waals surface area contributed by atoms with Crippen LogP contribution in [0.25, 0.3) is 0 Å². The summed E-state index contributed by atoms with van der Waals surface area (Å²) < 4.78 is 40.8. The van der Waals surface area contributed by atoms with Gasteiger partial charge in [0.1, 0.15) is 11.6 Å². The van der Waals surface area contributed by atoms with Crippen molar-refractivity contribution < 1.29 is 23.0 Å². The van der Waals surface area contributed by atoms with Crippen LogP contribution in [-0.4, -0.2) is 59.9 Å². The minimum Gasteiger partial charge on any atom is -0.406 e. The molecule has 2 aromatic rings. The van der Waals surface area contributed by atoms with Crippen molar-refractivity contribution in [3.05, 3.63) is 36.0 Å². The highest BCUT2D eigenvalue weighted by atomic mass is 19.4. The van der Waals surface area contributed by atoms with Crippen LogP contribution in [0, 0.1) is 6.92 Å². The van der Waals surface area contributed by atoms with E-state index in [1.165, 1.54) is 12.1 Å². The Morgan fingerprint density at radius 3 is 2.62 bits per heavy atom. The zero-order valence-electron chi connectivity index (χ0n) is 16.4. The summed E-state index contributed by atoms with van der Waals surface area (Å²) in [6, 6.07) is 6.92. The van der Waals surface area contributed by atoms with Gasteiger partial charge in [-0.2, -0.15) is 4.98 Å². The van der Waals surface area contributed by atoms with E-state index in [0.717, 1.165) is 31.6 Å². The first-order valence-electron chi connectivity index (χ1n) is 8.92. The summed E-state index contributed by atoms with van der Waals surface area (Å²) >= 11 is 0. The maximum absolute atomic E-state index is 12.3. The van der Waals surface area contributed by atoms with Crippen molar-refractivity contribution in [3.63, 3.8) is 0 Å². The maximum Gasteiger partial charge on any atom is 0.573 e. The molecule has 1 unspecified atom stereocenters. The lowest BCUT2D eigenvalue weighted by Crippen LogP contribution is -2.29. The molecule has 8 nitrogen and oxygen atoms in total. The Labute approximate surface area is 167 Å². The second kappa shape index (κ2) is 10.1. The van der Waals surface area contributed by atoms with Gasteiger partial charge in [0, 0.05) is 30.1 Å². The number of nitrogens with one attached hydrogen (secondary N) is 3. The highest BCUT2D eigenvalue weighted by Crippen LogP contribution is 2.25. The smallest absolute Gasteiger partial charge is 0.406 e. The summed E-state index contributed by atoms with van der Waals surface area (Å²) in [6.07, 6.45) is -5.19. The molecule has 11 heteroatoms. The molecule has 0 bridgehead atoms. The van der Waals surface area contributed by atoms with E-state index in [1.54, 1.807) is 13.0 Å². The Balaban J connectivity index is 1.94. The van der Waals surface area contributed by atoms with Crippen LogP contribution in [0.3, 0.4) is 0 Å². The fraction of sp³-hybridized carbons (Fsp3) is 0.444. The van der Waals surface area contributed by atoms with Gasteiger partial charge < -0.3 is 30.7 Å². The molecule has 0 saturated carbocycles. The largest absolute Gasteiger partial charge is 0.573 e. The molecule has 1 atom stereocenters. The normalized spacial score (nSPS) is 12.6. The highest BCUT2D eigenvalue weighted by Gasteiger charge is 2.31. The number of aryl methyl sites for hydroxylation is 1. The summed E-state index contributed by atoms with van der Waals surface area (Å²) in [5.74, 6) is 0.375. The number of alkyl halides is 3. The molecule has 0 aliphatic carbocycles. The summed E-state index contributed by atoms with van der Waals surface area (Å²) in [7, 11) is 3.99. The summed E-state index contributed by atoms with van der Waals surface area (Å²) in [5.41, 5.74) is 0.909. The number of rotatable bonds is 10. The summed E-state index contributed by atoms with van der Waals surface area (Å²) in [4.78, 5) is 10.6. The zero-order valence-corrected chi connectivity index (χ0v) is 16.4. The molecular formula is C18H25F3N6O2. The fourth-order valence-electron chi connectivity index (χ4n) is 2.43. The predicted molar refractivity (Wildman–Crippen MR) is 105 cm³/mol. The van der Waals surface area contributed by atoms with Crippen LogP contribution in [-0.2, 0) is 0 Å². The Morgan fingerprint density at radius 2 is 1.93 bits per heavy atom. The lowest BCUT2D eigenvalue weighted by Gasteiger charge is -2.17. The van der Waals surface area contributed by atoms with Crippen LogP contribution in [0.15, 0.2) is 30.3 Å². The van der Waals surface area contributed by atoms with E-state index in [1.807, 2.05) is 14.1 Å². The third-order valence-electron chi connectivity index (χ3n) is 3.58. The number of benzene rings is 1. The van der Waals surface area contributed by atoms with Gasteiger partial charge in [-0.25, -0.2) is 4.98 Å². The minimum atomic E-state index is -4.79. The third-order valence-corrected chi connectivity index (χ3v) is 3.58. The average molecular weight is 414 g/mol. The number of aliphatic hydroxyl groups excluding tert-OH is 1. The van der Waals surface area contributed by atoms with Crippen molar-refractivity contribution in [1.82, 2.24) is 14.9 Å². The van der Waals surface area contributed by atoms with Crippen LogP contribution in [0.2, 0.25) is 0 Å². The van der Waals surface area contributed by atoms with Gasteiger partial charge in [0.15, 0.2) is 0 Å². The number of aliphatic hydroxyl groups is 1. The highest BCUT2D eigenvalue weighted by molar-refractivity contribution is 5.50. The Kier molecular flexibility index (Phi) is 7.85. The molecule has 29 heavy (non-hydrogen) atoms. The monoisotopic (exact) mass is 414 g/mol. The summed E-state index contributed by atoms with van der Waals surface area (Å²) in [6.45, 7) is 3.44. The molecule has 0 aliphatic rings. The van der Waals surface area contributed by atoms with E-state index >= 15 is 0 Å². The maximum atomic E-state index is 12.3. The van der Waals surface area contributed by atoms with Crippen LogP contribution < -0.4 is 20.7 Å². The second-order valence-electron chi connectivity index (χ2n) is 6.57. The van der Waals surface area contributed by atoms with Crippen molar-refractivity contribution in [2.75, 3.05) is 43.1 Å². The molecule has 4 N–H and O–H groups in total. The van der Waals surface area contributed by atoms with Gasteiger partial charge in [-0.05, 0) is 46.1 Å². The standard InChI is InChI=1S/C18H25F3N6O2/c1-12-10-15(22-8-5-9-27(2)3)25-16(23-12)26-17(28)24-13-6-4-7-14(11-13)29-18(19,20)21/h4,6-7,10-11,17,24,28H,5,8-9H2,1-3H3,(H2,22,23,25,26). The van der Waals surface area contributed by atoms with E-state index in [9.17, 15) is 18.3 Å².